The number of hydrogen-bond donors (Lipinski definition) is 1. The van der Waals surface area contributed by atoms with Crippen LogP contribution in [0.2, 0.25) is 0 Å². The van der Waals surface area contributed by atoms with Gasteiger partial charge in [-0.05, 0) is 40.9 Å². The number of halogens is 1. The molecule has 1 fully saturated rings. The molecule has 0 radical (unpaired) electrons. The van der Waals surface area contributed by atoms with Gasteiger partial charge in [-0.1, -0.05) is 25.0 Å². The van der Waals surface area contributed by atoms with Gasteiger partial charge in [0.15, 0.2) is 0 Å². The number of para-hydroxylation sites is 1. The quantitative estimate of drug-likeness (QED) is 0.923. The highest BCUT2D eigenvalue weighted by Crippen LogP contribution is 2.31. The SMILES string of the molecule is O=C([O-])[C@@H]1CCCC[C@H]1C(=O)Nc1ccccc1Br. The van der Waals surface area contributed by atoms with Crippen LogP contribution in [0.4, 0.5) is 5.69 Å². The van der Waals surface area contributed by atoms with Gasteiger partial charge in [-0.2, -0.15) is 0 Å². The van der Waals surface area contributed by atoms with Gasteiger partial charge in [-0.25, -0.2) is 0 Å². The third-order valence-corrected chi connectivity index (χ3v) is 4.23. The fraction of sp³-hybridized carbons (Fsp3) is 0.429. The lowest BCUT2D eigenvalue weighted by Crippen LogP contribution is -2.42. The number of carboxylic acid groups (broad SMARTS) is 1. The second kappa shape index (κ2) is 6.19. The van der Waals surface area contributed by atoms with Gasteiger partial charge in [0, 0.05) is 22.3 Å². The molecule has 1 aliphatic carbocycles. The van der Waals surface area contributed by atoms with Crippen LogP contribution in [-0.2, 0) is 9.59 Å². The van der Waals surface area contributed by atoms with E-state index in [1.807, 2.05) is 18.2 Å². The Balaban J connectivity index is 2.10. The van der Waals surface area contributed by atoms with Crippen LogP contribution < -0.4 is 10.4 Å². The van der Waals surface area contributed by atoms with Crippen LogP contribution in [0.1, 0.15) is 25.7 Å². The van der Waals surface area contributed by atoms with Gasteiger partial charge in [0.2, 0.25) is 5.91 Å². The fourth-order valence-electron chi connectivity index (χ4n) is 2.51. The van der Waals surface area contributed by atoms with E-state index in [0.29, 0.717) is 18.5 Å². The van der Waals surface area contributed by atoms with Crippen molar-refractivity contribution in [3.8, 4) is 0 Å². The second-order valence-corrected chi connectivity index (χ2v) is 5.64. The Labute approximate surface area is 120 Å². The summed E-state index contributed by atoms with van der Waals surface area (Å²) >= 11 is 3.35. The summed E-state index contributed by atoms with van der Waals surface area (Å²) in [5.41, 5.74) is 0.662. The lowest BCUT2D eigenvalue weighted by Gasteiger charge is -2.31. The van der Waals surface area contributed by atoms with Gasteiger partial charge < -0.3 is 15.2 Å². The Kier molecular flexibility index (Phi) is 4.58. The van der Waals surface area contributed by atoms with Crippen molar-refractivity contribution in [2.45, 2.75) is 25.7 Å². The maximum absolute atomic E-state index is 12.2. The Morgan fingerprint density at radius 3 is 2.42 bits per heavy atom. The highest BCUT2D eigenvalue weighted by Gasteiger charge is 2.31. The minimum Gasteiger partial charge on any atom is -0.550 e. The Morgan fingerprint density at radius 2 is 1.79 bits per heavy atom. The fourth-order valence-corrected chi connectivity index (χ4v) is 2.90. The van der Waals surface area contributed by atoms with E-state index in [1.54, 1.807) is 6.07 Å². The molecule has 0 aliphatic heterocycles. The summed E-state index contributed by atoms with van der Waals surface area (Å²) in [4.78, 5) is 23.3. The molecule has 0 bridgehead atoms. The average Bonchev–Trinajstić information content (AvgIpc) is 2.41. The van der Waals surface area contributed by atoms with E-state index in [9.17, 15) is 14.7 Å². The largest absolute Gasteiger partial charge is 0.550 e. The zero-order valence-corrected chi connectivity index (χ0v) is 12.0. The first-order chi connectivity index (χ1) is 9.09. The van der Waals surface area contributed by atoms with Crippen molar-refractivity contribution in [2.75, 3.05) is 5.32 Å². The summed E-state index contributed by atoms with van der Waals surface area (Å²) in [6, 6.07) is 7.27. The number of rotatable bonds is 3. The number of carboxylic acids is 1. The van der Waals surface area contributed by atoms with E-state index >= 15 is 0 Å². The van der Waals surface area contributed by atoms with Crippen LogP contribution in [0, 0.1) is 11.8 Å². The van der Waals surface area contributed by atoms with Crippen molar-refractivity contribution in [3.05, 3.63) is 28.7 Å². The predicted octanol–water partition coefficient (Wildman–Crippen LogP) is 1.94. The lowest BCUT2D eigenvalue weighted by atomic mass is 9.78. The number of carbonyl (C=O) groups is 2. The molecule has 0 aromatic heterocycles. The zero-order valence-electron chi connectivity index (χ0n) is 10.4. The van der Waals surface area contributed by atoms with E-state index < -0.39 is 17.8 Å². The predicted molar refractivity (Wildman–Crippen MR) is 73.2 cm³/mol. The van der Waals surface area contributed by atoms with E-state index in [1.165, 1.54) is 0 Å². The third-order valence-electron chi connectivity index (χ3n) is 3.54. The molecule has 0 unspecified atom stereocenters. The zero-order chi connectivity index (χ0) is 13.8. The molecule has 1 aromatic carbocycles. The first kappa shape index (κ1) is 14.1. The molecule has 19 heavy (non-hydrogen) atoms. The van der Waals surface area contributed by atoms with Crippen molar-refractivity contribution in [1.29, 1.82) is 0 Å². The van der Waals surface area contributed by atoms with Crippen LogP contribution in [0.3, 0.4) is 0 Å². The van der Waals surface area contributed by atoms with Crippen LogP contribution in [0.25, 0.3) is 0 Å². The summed E-state index contributed by atoms with van der Waals surface area (Å²) in [5.74, 6) is -2.52. The number of benzene rings is 1. The third kappa shape index (κ3) is 3.35. The van der Waals surface area contributed by atoms with Crippen molar-refractivity contribution in [1.82, 2.24) is 0 Å². The van der Waals surface area contributed by atoms with Crippen molar-refractivity contribution in [2.24, 2.45) is 11.8 Å². The van der Waals surface area contributed by atoms with Gasteiger partial charge in [0.05, 0.1) is 5.69 Å². The normalized spacial score (nSPS) is 22.8. The summed E-state index contributed by atoms with van der Waals surface area (Å²) < 4.78 is 0.782. The maximum Gasteiger partial charge on any atom is 0.228 e. The molecule has 1 aliphatic rings. The lowest BCUT2D eigenvalue weighted by molar-refractivity contribution is -0.313. The smallest absolute Gasteiger partial charge is 0.228 e. The van der Waals surface area contributed by atoms with Gasteiger partial charge in [-0.15, -0.1) is 0 Å². The first-order valence-electron chi connectivity index (χ1n) is 6.36. The molecule has 0 heterocycles. The van der Waals surface area contributed by atoms with Gasteiger partial charge in [-0.3, -0.25) is 4.79 Å². The molecule has 0 saturated heterocycles. The minimum atomic E-state index is -1.12. The highest BCUT2D eigenvalue weighted by molar-refractivity contribution is 9.10. The number of aliphatic carboxylic acids is 1. The molecular weight excluding hydrogens is 310 g/mol. The van der Waals surface area contributed by atoms with Crippen molar-refractivity contribution >= 4 is 33.5 Å². The number of anilines is 1. The number of amides is 1. The van der Waals surface area contributed by atoms with E-state index in [2.05, 4.69) is 21.2 Å². The second-order valence-electron chi connectivity index (χ2n) is 4.79. The first-order valence-corrected chi connectivity index (χ1v) is 7.15. The Hall–Kier alpha value is -1.36. The van der Waals surface area contributed by atoms with E-state index in [-0.39, 0.29) is 5.91 Å². The minimum absolute atomic E-state index is 0.235. The van der Waals surface area contributed by atoms with Crippen molar-refractivity contribution < 1.29 is 14.7 Å². The summed E-state index contributed by atoms with van der Waals surface area (Å²) in [6.07, 6.45) is 2.86. The molecule has 1 saturated carbocycles. The summed E-state index contributed by atoms with van der Waals surface area (Å²) in [5, 5.41) is 13.9. The summed E-state index contributed by atoms with van der Waals surface area (Å²) in [6.45, 7) is 0. The molecular formula is C14H15BrNO3-. The van der Waals surface area contributed by atoms with Crippen molar-refractivity contribution in [3.63, 3.8) is 0 Å². The molecule has 102 valence electrons. The maximum atomic E-state index is 12.2. The Bertz CT molecular complexity index is 489. The monoisotopic (exact) mass is 324 g/mol. The average molecular weight is 325 g/mol. The highest BCUT2D eigenvalue weighted by atomic mass is 79.9. The molecule has 4 nitrogen and oxygen atoms in total. The molecule has 1 aromatic rings. The number of hydrogen-bond acceptors (Lipinski definition) is 3. The number of carbonyl (C=O) groups excluding carboxylic acids is 2. The Morgan fingerprint density at radius 1 is 1.16 bits per heavy atom. The molecule has 2 rings (SSSR count). The number of nitrogens with one attached hydrogen (secondary N) is 1. The molecule has 1 amide bonds. The van der Waals surface area contributed by atoms with Gasteiger partial charge >= 0.3 is 0 Å². The standard InChI is InChI=1S/C14H16BrNO3/c15-11-7-3-4-8-12(11)16-13(17)9-5-1-2-6-10(9)14(18)19/h3-4,7-10H,1-2,5-6H2,(H,16,17)(H,18,19)/p-1/t9-,10-/m1/s1. The summed E-state index contributed by atoms with van der Waals surface area (Å²) in [7, 11) is 0. The topological polar surface area (TPSA) is 69.2 Å². The molecule has 5 heteroatoms. The molecule has 2 atom stereocenters. The van der Waals surface area contributed by atoms with Crippen LogP contribution in [0.5, 0.6) is 0 Å². The van der Waals surface area contributed by atoms with Crippen LogP contribution >= 0.6 is 15.9 Å². The van der Waals surface area contributed by atoms with Crippen LogP contribution in [0.15, 0.2) is 28.7 Å². The van der Waals surface area contributed by atoms with Gasteiger partial charge in [0.1, 0.15) is 0 Å². The van der Waals surface area contributed by atoms with Crippen LogP contribution in [-0.4, -0.2) is 11.9 Å². The molecule has 1 N–H and O–H groups in total. The molecule has 0 spiro atoms. The van der Waals surface area contributed by atoms with E-state index in [0.717, 1.165) is 17.3 Å². The van der Waals surface area contributed by atoms with Gasteiger partial charge in [0.25, 0.3) is 0 Å². The van der Waals surface area contributed by atoms with E-state index in [4.69, 9.17) is 0 Å².